The molecule has 3 aromatic carbocycles. The van der Waals surface area contributed by atoms with Crippen molar-refractivity contribution in [1.82, 2.24) is 4.90 Å². The van der Waals surface area contributed by atoms with Crippen molar-refractivity contribution >= 4 is 11.9 Å². The van der Waals surface area contributed by atoms with Gasteiger partial charge in [0.25, 0.3) is 5.91 Å². The van der Waals surface area contributed by atoms with E-state index in [0.717, 1.165) is 60.0 Å². The first kappa shape index (κ1) is 34.1. The fourth-order valence-corrected chi connectivity index (χ4v) is 6.07. The van der Waals surface area contributed by atoms with Crippen molar-refractivity contribution in [2.75, 3.05) is 13.2 Å². The number of benzene rings is 3. The third-order valence-electron chi connectivity index (χ3n) is 7.92. The highest BCUT2D eigenvalue weighted by molar-refractivity contribution is 5.94. The van der Waals surface area contributed by atoms with Crippen LogP contribution in [0.25, 0.3) is 0 Å². The molecule has 3 aromatic rings. The van der Waals surface area contributed by atoms with E-state index in [1.165, 1.54) is 55.2 Å². The molecule has 0 saturated heterocycles. The van der Waals surface area contributed by atoms with E-state index in [0.29, 0.717) is 18.7 Å². The first-order valence-corrected chi connectivity index (χ1v) is 16.3. The number of aryl methyl sites for hydroxylation is 6. The Kier molecular flexibility index (Phi) is 14.0. The molecule has 0 fully saturated rings. The zero-order valence-electron chi connectivity index (χ0n) is 27.6. The number of amides is 1. The molecule has 4 heteroatoms. The summed E-state index contributed by atoms with van der Waals surface area (Å²) in [5, 5.41) is 0. The number of hydrogen-bond donors (Lipinski definition) is 0. The van der Waals surface area contributed by atoms with Crippen molar-refractivity contribution in [2.24, 2.45) is 0 Å². The number of nitrogens with zero attached hydrogens (tertiary/aromatic N) is 1. The highest BCUT2D eigenvalue weighted by atomic mass is 16.5. The Bertz CT molecular complexity index is 1280. The molecule has 0 aromatic heterocycles. The van der Waals surface area contributed by atoms with Crippen LogP contribution in [0.3, 0.4) is 0 Å². The van der Waals surface area contributed by atoms with Crippen LogP contribution in [-0.2, 0) is 11.3 Å². The van der Waals surface area contributed by atoms with Crippen LogP contribution in [0.1, 0.15) is 124 Å². The summed E-state index contributed by atoms with van der Waals surface area (Å²) in [7, 11) is 0. The SMILES string of the molecule is Cc1cc(C)cc(CN(CCCCCCCCCCCCOC(=O)c2cc(C)cc(C)c2)C(=O)c2cc(C)cc(C)c2)c1. The maximum absolute atomic E-state index is 13.6. The standard InChI is InChI=1S/C39H53NO3/c1-29-19-30(2)23-35(22-29)28-40(38(41)36-24-31(3)20-32(4)25-36)17-15-13-11-9-7-8-10-12-14-16-18-43-39(42)37-26-33(5)21-34(6)27-37/h19-27H,7-18,28H2,1-6H3. The number of ether oxygens (including phenoxy) is 1. The van der Waals surface area contributed by atoms with Crippen molar-refractivity contribution in [2.45, 2.75) is 112 Å². The lowest BCUT2D eigenvalue weighted by molar-refractivity contribution is 0.0497. The fraction of sp³-hybridized carbons (Fsp3) is 0.487. The Morgan fingerprint density at radius 3 is 1.40 bits per heavy atom. The maximum Gasteiger partial charge on any atom is 0.338 e. The van der Waals surface area contributed by atoms with Crippen molar-refractivity contribution in [3.63, 3.8) is 0 Å². The minimum atomic E-state index is -0.213. The second-order valence-electron chi connectivity index (χ2n) is 12.6. The maximum atomic E-state index is 13.6. The number of carbonyl (C=O) groups is 2. The first-order chi connectivity index (χ1) is 20.6. The van der Waals surface area contributed by atoms with Crippen LogP contribution >= 0.6 is 0 Å². The zero-order valence-corrected chi connectivity index (χ0v) is 27.6. The van der Waals surface area contributed by atoms with Gasteiger partial charge in [0.15, 0.2) is 0 Å². The van der Waals surface area contributed by atoms with Crippen LogP contribution in [0.15, 0.2) is 54.6 Å². The third kappa shape index (κ3) is 12.4. The summed E-state index contributed by atoms with van der Waals surface area (Å²) < 4.78 is 5.47. The normalized spacial score (nSPS) is 11.0. The molecule has 1 amide bonds. The number of carbonyl (C=O) groups excluding carboxylic acids is 2. The predicted molar refractivity (Wildman–Crippen MR) is 179 cm³/mol. The summed E-state index contributed by atoms with van der Waals surface area (Å²) in [5.41, 5.74) is 9.57. The average Bonchev–Trinajstić information content (AvgIpc) is 2.92. The van der Waals surface area contributed by atoms with Gasteiger partial charge < -0.3 is 9.64 Å². The lowest BCUT2D eigenvalue weighted by Crippen LogP contribution is -2.31. The Balaban J connectivity index is 1.31. The van der Waals surface area contributed by atoms with Gasteiger partial charge >= 0.3 is 5.97 Å². The third-order valence-corrected chi connectivity index (χ3v) is 7.92. The minimum absolute atomic E-state index is 0.131. The Labute approximate surface area is 260 Å². The van der Waals surface area contributed by atoms with E-state index < -0.39 is 0 Å². The molecule has 232 valence electrons. The van der Waals surface area contributed by atoms with Gasteiger partial charge in [-0.3, -0.25) is 4.79 Å². The van der Waals surface area contributed by atoms with E-state index >= 15 is 0 Å². The molecular weight excluding hydrogens is 530 g/mol. The van der Waals surface area contributed by atoms with Gasteiger partial charge in [-0.25, -0.2) is 4.79 Å². The summed E-state index contributed by atoms with van der Waals surface area (Å²) in [4.78, 5) is 27.9. The highest BCUT2D eigenvalue weighted by Crippen LogP contribution is 2.18. The van der Waals surface area contributed by atoms with E-state index in [1.54, 1.807) is 0 Å². The van der Waals surface area contributed by atoms with Crippen molar-refractivity contribution in [3.05, 3.63) is 105 Å². The molecular formula is C39H53NO3. The van der Waals surface area contributed by atoms with Gasteiger partial charge in [-0.05, 0) is 84.2 Å². The summed E-state index contributed by atoms with van der Waals surface area (Å²) >= 11 is 0. The summed E-state index contributed by atoms with van der Waals surface area (Å²) in [5.74, 6) is -0.0826. The molecule has 0 saturated carbocycles. The highest BCUT2D eigenvalue weighted by Gasteiger charge is 2.17. The van der Waals surface area contributed by atoms with Gasteiger partial charge in [0.1, 0.15) is 0 Å². The quantitative estimate of drug-likeness (QED) is 0.117. The number of unbranched alkanes of at least 4 members (excludes halogenated alkanes) is 9. The average molecular weight is 584 g/mol. The first-order valence-electron chi connectivity index (χ1n) is 16.3. The van der Waals surface area contributed by atoms with Gasteiger partial charge in [0.05, 0.1) is 12.2 Å². The molecule has 0 N–H and O–H groups in total. The zero-order chi connectivity index (χ0) is 31.2. The van der Waals surface area contributed by atoms with Gasteiger partial charge in [-0.2, -0.15) is 0 Å². The van der Waals surface area contributed by atoms with Crippen LogP contribution in [0.2, 0.25) is 0 Å². The van der Waals surface area contributed by atoms with E-state index in [4.69, 9.17) is 4.74 Å². The second kappa shape index (κ2) is 17.7. The smallest absolute Gasteiger partial charge is 0.338 e. The van der Waals surface area contributed by atoms with E-state index in [9.17, 15) is 9.59 Å². The van der Waals surface area contributed by atoms with Crippen LogP contribution in [0, 0.1) is 41.5 Å². The number of rotatable bonds is 17. The molecule has 0 atom stereocenters. The van der Waals surface area contributed by atoms with Gasteiger partial charge in [0.2, 0.25) is 0 Å². The summed E-state index contributed by atoms with van der Waals surface area (Å²) in [6.45, 7) is 14.3. The summed E-state index contributed by atoms with van der Waals surface area (Å²) in [6, 6.07) is 18.6. The minimum Gasteiger partial charge on any atom is -0.462 e. The van der Waals surface area contributed by atoms with Crippen LogP contribution in [0.5, 0.6) is 0 Å². The lowest BCUT2D eigenvalue weighted by atomic mass is 10.0. The Morgan fingerprint density at radius 1 is 0.512 bits per heavy atom. The second-order valence-corrected chi connectivity index (χ2v) is 12.6. The largest absolute Gasteiger partial charge is 0.462 e. The molecule has 0 heterocycles. The summed E-state index contributed by atoms with van der Waals surface area (Å²) in [6.07, 6.45) is 11.6. The van der Waals surface area contributed by atoms with Crippen molar-refractivity contribution in [3.8, 4) is 0 Å². The van der Waals surface area contributed by atoms with Crippen LogP contribution < -0.4 is 0 Å². The molecule has 3 rings (SSSR count). The van der Waals surface area contributed by atoms with E-state index in [-0.39, 0.29) is 11.9 Å². The molecule has 0 unspecified atom stereocenters. The topological polar surface area (TPSA) is 46.6 Å². The molecule has 0 bridgehead atoms. The van der Waals surface area contributed by atoms with Gasteiger partial charge in [0, 0.05) is 18.7 Å². The molecule has 4 nitrogen and oxygen atoms in total. The molecule has 0 radical (unpaired) electrons. The predicted octanol–water partition coefficient (Wildman–Crippen LogP) is 9.94. The van der Waals surface area contributed by atoms with E-state index in [2.05, 4.69) is 58.0 Å². The Hall–Kier alpha value is -3.40. The molecule has 43 heavy (non-hydrogen) atoms. The van der Waals surface area contributed by atoms with Crippen molar-refractivity contribution in [1.29, 1.82) is 0 Å². The van der Waals surface area contributed by atoms with Crippen molar-refractivity contribution < 1.29 is 14.3 Å². The van der Waals surface area contributed by atoms with Crippen LogP contribution in [-0.4, -0.2) is 29.9 Å². The van der Waals surface area contributed by atoms with Gasteiger partial charge in [-0.1, -0.05) is 115 Å². The number of esters is 1. The fourth-order valence-electron chi connectivity index (χ4n) is 6.07. The van der Waals surface area contributed by atoms with Crippen LogP contribution in [0.4, 0.5) is 0 Å². The molecule has 0 aliphatic rings. The molecule has 0 aliphatic carbocycles. The lowest BCUT2D eigenvalue weighted by Gasteiger charge is -2.24. The van der Waals surface area contributed by atoms with Gasteiger partial charge in [-0.15, -0.1) is 0 Å². The Morgan fingerprint density at radius 2 is 0.907 bits per heavy atom. The molecule has 0 spiro atoms. The molecule has 0 aliphatic heterocycles. The van der Waals surface area contributed by atoms with E-state index in [1.807, 2.05) is 43.0 Å². The monoisotopic (exact) mass is 583 g/mol. The number of hydrogen-bond acceptors (Lipinski definition) is 3.